The van der Waals surface area contributed by atoms with Gasteiger partial charge in [-0.3, -0.25) is 9.59 Å². The minimum atomic E-state index is -0.637. The summed E-state index contributed by atoms with van der Waals surface area (Å²) in [6.45, 7) is 7.75. The molecule has 0 spiro atoms. The molecule has 8 nitrogen and oxygen atoms in total. The van der Waals surface area contributed by atoms with Gasteiger partial charge in [-0.05, 0) is 63.1 Å². The lowest BCUT2D eigenvalue weighted by Crippen LogP contribution is -2.31. The standard InChI is InChI=1S/C24H23N5O3/c1-5-32-21-9-7-6-8-18(21)14-26-27-23(30)22-17(4)20(13-25)24(31)29(28-22)19-11-10-15(2)16(3)12-19/h6-12,14H,5H2,1-4H3,(H,27,30)/b26-14+. The maximum atomic E-state index is 12.8. The van der Waals surface area contributed by atoms with Crippen LogP contribution in [0.15, 0.2) is 52.4 Å². The molecule has 2 aromatic carbocycles. The summed E-state index contributed by atoms with van der Waals surface area (Å²) >= 11 is 0. The van der Waals surface area contributed by atoms with E-state index in [1.807, 2.05) is 45.0 Å². The quantitative estimate of drug-likeness (QED) is 0.478. The minimum absolute atomic E-state index is 0.0605. The van der Waals surface area contributed by atoms with E-state index in [4.69, 9.17) is 4.74 Å². The molecule has 32 heavy (non-hydrogen) atoms. The monoisotopic (exact) mass is 429 g/mol. The molecule has 0 aliphatic heterocycles. The second-order valence-electron chi connectivity index (χ2n) is 7.12. The number of para-hydroxylation sites is 1. The molecule has 0 unspecified atom stereocenters. The molecule has 3 rings (SSSR count). The summed E-state index contributed by atoms with van der Waals surface area (Å²) in [5, 5.41) is 17.7. The molecule has 1 N–H and O–H groups in total. The molecule has 0 bridgehead atoms. The van der Waals surface area contributed by atoms with E-state index < -0.39 is 11.5 Å². The molecule has 0 saturated heterocycles. The summed E-state index contributed by atoms with van der Waals surface area (Å²) in [5.41, 5.74) is 4.99. The molecular weight excluding hydrogens is 406 g/mol. The van der Waals surface area contributed by atoms with Gasteiger partial charge in [-0.25, -0.2) is 5.43 Å². The molecule has 0 aliphatic carbocycles. The fraction of sp³-hybridized carbons (Fsp3) is 0.208. The van der Waals surface area contributed by atoms with Crippen molar-refractivity contribution in [2.45, 2.75) is 27.7 Å². The van der Waals surface area contributed by atoms with Gasteiger partial charge >= 0.3 is 0 Å². The second-order valence-corrected chi connectivity index (χ2v) is 7.12. The van der Waals surface area contributed by atoms with E-state index in [0.717, 1.165) is 15.8 Å². The topological polar surface area (TPSA) is 109 Å². The van der Waals surface area contributed by atoms with Crippen molar-refractivity contribution in [1.82, 2.24) is 15.2 Å². The number of hydrazone groups is 1. The number of nitrogens with zero attached hydrogens (tertiary/aromatic N) is 4. The Morgan fingerprint density at radius 2 is 1.97 bits per heavy atom. The lowest BCUT2D eigenvalue weighted by Gasteiger charge is -2.12. The zero-order chi connectivity index (χ0) is 23.3. The Bertz CT molecular complexity index is 1300. The average Bonchev–Trinajstić information content (AvgIpc) is 2.77. The predicted octanol–water partition coefficient (Wildman–Crippen LogP) is 3.19. The number of nitrogens with one attached hydrogen (secondary N) is 1. The maximum Gasteiger partial charge on any atom is 0.292 e. The van der Waals surface area contributed by atoms with Gasteiger partial charge in [0, 0.05) is 11.1 Å². The summed E-state index contributed by atoms with van der Waals surface area (Å²) in [6, 6.07) is 14.5. The highest BCUT2D eigenvalue weighted by Crippen LogP contribution is 2.16. The van der Waals surface area contributed by atoms with Gasteiger partial charge in [0.25, 0.3) is 11.5 Å². The Kier molecular flexibility index (Phi) is 6.80. The normalized spacial score (nSPS) is 10.7. The number of aromatic nitrogens is 2. The Labute approximate surface area is 185 Å². The smallest absolute Gasteiger partial charge is 0.292 e. The van der Waals surface area contributed by atoms with Gasteiger partial charge in [0.1, 0.15) is 17.4 Å². The first kappa shape index (κ1) is 22.4. The molecule has 0 atom stereocenters. The van der Waals surface area contributed by atoms with Crippen molar-refractivity contribution in [2.75, 3.05) is 6.61 Å². The second kappa shape index (κ2) is 9.71. The van der Waals surface area contributed by atoms with E-state index in [0.29, 0.717) is 23.6 Å². The summed E-state index contributed by atoms with van der Waals surface area (Å²) in [5.74, 6) is -0.000846. The minimum Gasteiger partial charge on any atom is -0.493 e. The molecule has 0 saturated carbocycles. The number of nitriles is 1. The van der Waals surface area contributed by atoms with Crippen molar-refractivity contribution in [3.05, 3.63) is 86.3 Å². The number of benzene rings is 2. The number of carbonyl (C=O) groups excluding carboxylic acids is 1. The van der Waals surface area contributed by atoms with E-state index in [-0.39, 0.29) is 16.8 Å². The van der Waals surface area contributed by atoms with Gasteiger partial charge in [0.2, 0.25) is 0 Å². The van der Waals surface area contributed by atoms with Crippen LogP contribution in [0.2, 0.25) is 0 Å². The third-order valence-electron chi connectivity index (χ3n) is 4.99. The van der Waals surface area contributed by atoms with Gasteiger partial charge in [0.05, 0.1) is 18.5 Å². The van der Waals surface area contributed by atoms with Crippen LogP contribution in [0.3, 0.4) is 0 Å². The lowest BCUT2D eigenvalue weighted by molar-refractivity contribution is 0.0947. The van der Waals surface area contributed by atoms with Crippen LogP contribution in [0.1, 0.15) is 45.2 Å². The molecule has 0 radical (unpaired) electrons. The highest BCUT2D eigenvalue weighted by Gasteiger charge is 2.20. The van der Waals surface area contributed by atoms with Gasteiger partial charge in [-0.2, -0.15) is 20.1 Å². The van der Waals surface area contributed by atoms with E-state index >= 15 is 0 Å². The first-order valence-electron chi connectivity index (χ1n) is 10.0. The van der Waals surface area contributed by atoms with Crippen LogP contribution in [0.5, 0.6) is 5.75 Å². The Morgan fingerprint density at radius 3 is 2.66 bits per heavy atom. The highest BCUT2D eigenvalue weighted by molar-refractivity contribution is 5.95. The van der Waals surface area contributed by atoms with Crippen LogP contribution >= 0.6 is 0 Å². The van der Waals surface area contributed by atoms with Crippen LogP contribution in [-0.4, -0.2) is 28.5 Å². The summed E-state index contributed by atoms with van der Waals surface area (Å²) in [4.78, 5) is 25.6. The molecule has 1 amide bonds. The zero-order valence-electron chi connectivity index (χ0n) is 18.3. The summed E-state index contributed by atoms with van der Waals surface area (Å²) in [7, 11) is 0. The molecule has 1 heterocycles. The van der Waals surface area contributed by atoms with Crippen molar-refractivity contribution < 1.29 is 9.53 Å². The van der Waals surface area contributed by atoms with E-state index in [1.165, 1.54) is 13.1 Å². The Hall–Kier alpha value is -4.25. The van der Waals surface area contributed by atoms with Crippen LogP contribution in [0, 0.1) is 32.1 Å². The van der Waals surface area contributed by atoms with E-state index in [9.17, 15) is 14.9 Å². The molecule has 1 aromatic heterocycles. The number of hydrogen-bond donors (Lipinski definition) is 1. The van der Waals surface area contributed by atoms with Crippen LogP contribution in [0.25, 0.3) is 5.69 Å². The van der Waals surface area contributed by atoms with E-state index in [1.54, 1.807) is 24.3 Å². The molecule has 0 aliphatic rings. The molecule has 3 aromatic rings. The number of amides is 1. The van der Waals surface area contributed by atoms with Crippen LogP contribution in [-0.2, 0) is 0 Å². The van der Waals surface area contributed by atoms with Crippen molar-refractivity contribution in [2.24, 2.45) is 5.10 Å². The fourth-order valence-electron chi connectivity index (χ4n) is 3.07. The summed E-state index contributed by atoms with van der Waals surface area (Å²) < 4.78 is 6.60. The molecule has 162 valence electrons. The van der Waals surface area contributed by atoms with Crippen LogP contribution < -0.4 is 15.7 Å². The largest absolute Gasteiger partial charge is 0.493 e. The first-order chi connectivity index (χ1) is 15.4. The molecule has 0 fully saturated rings. The first-order valence-corrected chi connectivity index (χ1v) is 10.0. The maximum absolute atomic E-state index is 12.8. The average molecular weight is 429 g/mol. The lowest BCUT2D eigenvalue weighted by atomic mass is 10.1. The Balaban J connectivity index is 1.97. The van der Waals surface area contributed by atoms with Crippen molar-refractivity contribution in [1.29, 1.82) is 5.26 Å². The third kappa shape index (κ3) is 4.57. The third-order valence-corrected chi connectivity index (χ3v) is 4.99. The number of hydrogen-bond acceptors (Lipinski definition) is 6. The molecular formula is C24H23N5O3. The molecule has 8 heteroatoms. The SMILES string of the molecule is CCOc1ccccc1/C=N/NC(=O)c1nn(-c2ccc(C)c(C)c2)c(=O)c(C#N)c1C. The fourth-order valence-corrected chi connectivity index (χ4v) is 3.07. The number of ether oxygens (including phenoxy) is 1. The zero-order valence-corrected chi connectivity index (χ0v) is 18.3. The number of aryl methyl sites for hydroxylation is 2. The van der Waals surface area contributed by atoms with Gasteiger partial charge in [-0.15, -0.1) is 0 Å². The van der Waals surface area contributed by atoms with Gasteiger partial charge in [0.15, 0.2) is 5.69 Å². The van der Waals surface area contributed by atoms with Gasteiger partial charge < -0.3 is 4.74 Å². The number of rotatable bonds is 6. The van der Waals surface area contributed by atoms with Crippen molar-refractivity contribution >= 4 is 12.1 Å². The van der Waals surface area contributed by atoms with Crippen molar-refractivity contribution in [3.8, 4) is 17.5 Å². The highest BCUT2D eigenvalue weighted by atomic mass is 16.5. The Morgan fingerprint density at radius 1 is 1.22 bits per heavy atom. The predicted molar refractivity (Wildman–Crippen MR) is 121 cm³/mol. The van der Waals surface area contributed by atoms with Gasteiger partial charge in [-0.1, -0.05) is 18.2 Å². The summed E-state index contributed by atoms with van der Waals surface area (Å²) in [6.07, 6.45) is 1.46. The van der Waals surface area contributed by atoms with Crippen LogP contribution in [0.4, 0.5) is 0 Å². The van der Waals surface area contributed by atoms with Crippen molar-refractivity contribution in [3.63, 3.8) is 0 Å². The number of carbonyl (C=O) groups is 1. The van der Waals surface area contributed by atoms with E-state index in [2.05, 4.69) is 15.6 Å².